The molecule has 1 aromatic carbocycles. The summed E-state index contributed by atoms with van der Waals surface area (Å²) in [6.07, 6.45) is 5.76. The predicted molar refractivity (Wildman–Crippen MR) is 101 cm³/mol. The lowest BCUT2D eigenvalue weighted by Crippen LogP contribution is -2.08. The summed E-state index contributed by atoms with van der Waals surface area (Å²) in [5.41, 5.74) is 5.28. The zero-order valence-corrected chi connectivity index (χ0v) is 15.3. The van der Waals surface area contributed by atoms with Gasteiger partial charge in [0.15, 0.2) is 0 Å². The standard InChI is InChI=1S/C19H22ClN5/c1-13-16(19(20)24(2)23-13)11-21-15-8-6-14(7-9-15)17-12-25-10-4-3-5-18(25)22-17/h6-9,12,21H,3-5,10-11H2,1-2H3. The van der Waals surface area contributed by atoms with Gasteiger partial charge >= 0.3 is 0 Å². The Bertz CT molecular complexity index is 868. The fourth-order valence-corrected chi connectivity index (χ4v) is 3.62. The molecule has 4 rings (SSSR count). The van der Waals surface area contributed by atoms with Gasteiger partial charge in [-0.25, -0.2) is 4.98 Å². The predicted octanol–water partition coefficient (Wildman–Crippen LogP) is 4.19. The Morgan fingerprint density at radius 3 is 2.68 bits per heavy atom. The van der Waals surface area contributed by atoms with Crippen LogP contribution in [0.1, 0.15) is 29.9 Å². The second-order valence-corrected chi connectivity index (χ2v) is 6.96. The van der Waals surface area contributed by atoms with Crippen LogP contribution < -0.4 is 5.32 Å². The third-order valence-electron chi connectivity index (χ3n) is 4.83. The van der Waals surface area contributed by atoms with Crippen LogP contribution in [0.2, 0.25) is 5.15 Å². The summed E-state index contributed by atoms with van der Waals surface area (Å²) in [5.74, 6) is 1.21. The molecule has 1 aliphatic rings. The molecular formula is C19H22ClN5. The fraction of sp³-hybridized carbons (Fsp3) is 0.368. The fourth-order valence-electron chi connectivity index (χ4n) is 3.38. The van der Waals surface area contributed by atoms with Crippen LogP contribution in [0.4, 0.5) is 5.69 Å². The van der Waals surface area contributed by atoms with Crippen molar-refractivity contribution < 1.29 is 0 Å². The molecule has 25 heavy (non-hydrogen) atoms. The normalized spacial score (nSPS) is 13.7. The number of aromatic nitrogens is 4. The molecule has 0 aliphatic carbocycles. The SMILES string of the molecule is Cc1nn(C)c(Cl)c1CNc1ccc(-c2cn3c(n2)CCCC3)cc1. The lowest BCUT2D eigenvalue weighted by Gasteiger charge is -2.11. The Kier molecular flexibility index (Phi) is 4.25. The molecular weight excluding hydrogens is 334 g/mol. The number of nitrogens with zero attached hydrogens (tertiary/aromatic N) is 4. The quantitative estimate of drug-likeness (QED) is 0.763. The van der Waals surface area contributed by atoms with Gasteiger partial charge < -0.3 is 9.88 Å². The lowest BCUT2D eigenvalue weighted by molar-refractivity contribution is 0.522. The highest BCUT2D eigenvalue weighted by Gasteiger charge is 2.13. The number of hydrogen-bond acceptors (Lipinski definition) is 3. The van der Waals surface area contributed by atoms with Crippen LogP contribution in [0.25, 0.3) is 11.3 Å². The number of anilines is 1. The number of imidazole rings is 1. The van der Waals surface area contributed by atoms with Gasteiger partial charge in [-0.3, -0.25) is 4.68 Å². The molecule has 1 N–H and O–H groups in total. The van der Waals surface area contributed by atoms with E-state index < -0.39 is 0 Å². The number of benzene rings is 1. The van der Waals surface area contributed by atoms with E-state index >= 15 is 0 Å². The van der Waals surface area contributed by atoms with E-state index in [-0.39, 0.29) is 0 Å². The van der Waals surface area contributed by atoms with Crippen LogP contribution >= 0.6 is 11.6 Å². The summed E-state index contributed by atoms with van der Waals surface area (Å²) >= 11 is 6.29. The summed E-state index contributed by atoms with van der Waals surface area (Å²) in [5, 5.41) is 8.45. The highest BCUT2D eigenvalue weighted by atomic mass is 35.5. The molecule has 130 valence electrons. The van der Waals surface area contributed by atoms with Gasteiger partial charge in [-0.15, -0.1) is 0 Å². The van der Waals surface area contributed by atoms with Crippen molar-refractivity contribution in [3.8, 4) is 11.3 Å². The van der Waals surface area contributed by atoms with Gasteiger partial charge in [0, 0.05) is 49.6 Å². The van der Waals surface area contributed by atoms with Gasteiger partial charge in [0.25, 0.3) is 0 Å². The smallest absolute Gasteiger partial charge is 0.131 e. The molecule has 0 amide bonds. The maximum absolute atomic E-state index is 6.29. The molecule has 3 aromatic rings. The Labute approximate surface area is 152 Å². The monoisotopic (exact) mass is 355 g/mol. The van der Waals surface area contributed by atoms with E-state index in [1.807, 2.05) is 14.0 Å². The molecule has 0 radical (unpaired) electrons. The maximum atomic E-state index is 6.29. The van der Waals surface area contributed by atoms with Crippen molar-refractivity contribution in [2.75, 3.05) is 5.32 Å². The summed E-state index contributed by atoms with van der Waals surface area (Å²) < 4.78 is 4.00. The second kappa shape index (κ2) is 6.56. The first-order valence-electron chi connectivity index (χ1n) is 8.70. The maximum Gasteiger partial charge on any atom is 0.131 e. The summed E-state index contributed by atoms with van der Waals surface area (Å²) in [6, 6.07) is 8.42. The summed E-state index contributed by atoms with van der Waals surface area (Å²) in [7, 11) is 1.86. The van der Waals surface area contributed by atoms with E-state index in [0.717, 1.165) is 41.2 Å². The molecule has 0 saturated heterocycles. The van der Waals surface area contributed by atoms with Crippen molar-refractivity contribution in [1.82, 2.24) is 19.3 Å². The largest absolute Gasteiger partial charge is 0.381 e. The van der Waals surface area contributed by atoms with Crippen LogP contribution in [0, 0.1) is 6.92 Å². The van der Waals surface area contributed by atoms with Crippen LogP contribution in [0.15, 0.2) is 30.5 Å². The molecule has 2 aromatic heterocycles. The van der Waals surface area contributed by atoms with Crippen molar-refractivity contribution in [3.63, 3.8) is 0 Å². The molecule has 0 bridgehead atoms. The van der Waals surface area contributed by atoms with E-state index in [0.29, 0.717) is 11.7 Å². The Hall–Kier alpha value is -2.27. The zero-order chi connectivity index (χ0) is 17.4. The second-order valence-electron chi connectivity index (χ2n) is 6.60. The van der Waals surface area contributed by atoms with Crippen molar-refractivity contribution >= 4 is 17.3 Å². The van der Waals surface area contributed by atoms with E-state index in [1.54, 1.807) is 4.68 Å². The molecule has 1 aliphatic heterocycles. The lowest BCUT2D eigenvalue weighted by atomic mass is 10.1. The van der Waals surface area contributed by atoms with Gasteiger partial charge in [0.05, 0.1) is 11.4 Å². The molecule has 0 unspecified atom stereocenters. The molecule has 0 spiro atoms. The minimum atomic E-state index is 0.663. The van der Waals surface area contributed by atoms with Crippen molar-refractivity contribution in [2.24, 2.45) is 7.05 Å². The minimum Gasteiger partial charge on any atom is -0.381 e. The van der Waals surface area contributed by atoms with Crippen LogP contribution in [0.5, 0.6) is 0 Å². The zero-order valence-electron chi connectivity index (χ0n) is 14.6. The molecule has 6 heteroatoms. The molecule has 0 saturated carbocycles. The van der Waals surface area contributed by atoms with E-state index in [2.05, 4.69) is 45.4 Å². The first-order valence-corrected chi connectivity index (χ1v) is 9.08. The summed E-state index contributed by atoms with van der Waals surface area (Å²) in [6.45, 7) is 3.73. The highest BCUT2D eigenvalue weighted by molar-refractivity contribution is 6.30. The van der Waals surface area contributed by atoms with Crippen LogP contribution in [0.3, 0.4) is 0 Å². The van der Waals surface area contributed by atoms with Crippen molar-refractivity contribution in [1.29, 1.82) is 0 Å². The molecule has 0 fully saturated rings. The van der Waals surface area contributed by atoms with Crippen molar-refractivity contribution in [2.45, 2.75) is 39.3 Å². The van der Waals surface area contributed by atoms with E-state index in [1.165, 1.54) is 18.7 Å². The third-order valence-corrected chi connectivity index (χ3v) is 5.30. The molecule has 3 heterocycles. The topological polar surface area (TPSA) is 47.7 Å². The highest BCUT2D eigenvalue weighted by Crippen LogP contribution is 2.25. The van der Waals surface area contributed by atoms with Crippen LogP contribution in [-0.2, 0) is 26.6 Å². The van der Waals surface area contributed by atoms with Crippen molar-refractivity contribution in [3.05, 3.63) is 52.7 Å². The average Bonchev–Trinajstić information content (AvgIpc) is 3.15. The van der Waals surface area contributed by atoms with E-state index in [4.69, 9.17) is 16.6 Å². The van der Waals surface area contributed by atoms with Gasteiger partial charge in [-0.2, -0.15) is 5.10 Å². The summed E-state index contributed by atoms with van der Waals surface area (Å²) in [4.78, 5) is 4.78. The Morgan fingerprint density at radius 2 is 2.00 bits per heavy atom. The van der Waals surface area contributed by atoms with Gasteiger partial charge in [-0.1, -0.05) is 23.7 Å². The van der Waals surface area contributed by atoms with Gasteiger partial charge in [-0.05, 0) is 31.9 Å². The number of rotatable bonds is 4. The van der Waals surface area contributed by atoms with Crippen LogP contribution in [-0.4, -0.2) is 19.3 Å². The van der Waals surface area contributed by atoms with Gasteiger partial charge in [0.1, 0.15) is 11.0 Å². The number of fused-ring (bicyclic) bond motifs is 1. The first kappa shape index (κ1) is 16.2. The number of hydrogen-bond donors (Lipinski definition) is 1. The Morgan fingerprint density at radius 1 is 1.20 bits per heavy atom. The van der Waals surface area contributed by atoms with Gasteiger partial charge in [0.2, 0.25) is 0 Å². The number of nitrogens with one attached hydrogen (secondary N) is 1. The van der Waals surface area contributed by atoms with E-state index in [9.17, 15) is 0 Å². The Balaban J connectivity index is 1.47. The number of aryl methyl sites for hydroxylation is 4. The molecule has 0 atom stereocenters. The molecule has 5 nitrogen and oxygen atoms in total. The third kappa shape index (κ3) is 3.16. The number of halogens is 1. The first-order chi connectivity index (χ1) is 12.1. The minimum absolute atomic E-state index is 0.663. The average molecular weight is 356 g/mol.